The molecule has 1 N–H and O–H groups in total. The van der Waals surface area contributed by atoms with Gasteiger partial charge in [0.05, 0.1) is 12.1 Å². The Kier molecular flexibility index (Phi) is 4.50. The standard InChI is InChI=1S/C11H14ClNO/c1-13-8-4-6-9-5-3-7-10(12)11(9)14-2/h3-7,13H,8H2,1-2H3. The second-order valence-corrected chi connectivity index (χ2v) is 3.23. The summed E-state index contributed by atoms with van der Waals surface area (Å²) in [7, 11) is 3.52. The predicted molar refractivity (Wildman–Crippen MR) is 61.0 cm³/mol. The normalized spacial score (nSPS) is 10.8. The monoisotopic (exact) mass is 211 g/mol. The lowest BCUT2D eigenvalue weighted by molar-refractivity contribution is 0.414. The molecule has 0 radical (unpaired) electrons. The maximum atomic E-state index is 5.97. The van der Waals surface area contributed by atoms with Crippen molar-refractivity contribution < 1.29 is 4.74 Å². The average molecular weight is 212 g/mol. The van der Waals surface area contributed by atoms with Gasteiger partial charge >= 0.3 is 0 Å². The van der Waals surface area contributed by atoms with E-state index in [-0.39, 0.29) is 0 Å². The molecule has 0 spiro atoms. The van der Waals surface area contributed by atoms with Crippen LogP contribution < -0.4 is 10.1 Å². The average Bonchev–Trinajstić information content (AvgIpc) is 2.18. The lowest BCUT2D eigenvalue weighted by atomic mass is 10.2. The highest BCUT2D eigenvalue weighted by molar-refractivity contribution is 6.32. The quantitative estimate of drug-likeness (QED) is 0.827. The van der Waals surface area contributed by atoms with Gasteiger partial charge < -0.3 is 10.1 Å². The Morgan fingerprint density at radius 2 is 2.29 bits per heavy atom. The Balaban J connectivity index is 2.90. The molecule has 2 nitrogen and oxygen atoms in total. The van der Waals surface area contributed by atoms with Gasteiger partial charge in [0.15, 0.2) is 0 Å². The smallest absolute Gasteiger partial charge is 0.144 e. The Morgan fingerprint density at radius 3 is 2.93 bits per heavy atom. The molecule has 0 heterocycles. The first-order chi connectivity index (χ1) is 6.79. The molecule has 0 atom stereocenters. The molecule has 0 saturated carbocycles. The number of halogens is 1. The summed E-state index contributed by atoms with van der Waals surface area (Å²) in [5.74, 6) is 0.724. The highest BCUT2D eigenvalue weighted by atomic mass is 35.5. The minimum Gasteiger partial charge on any atom is -0.495 e. The highest BCUT2D eigenvalue weighted by Crippen LogP contribution is 2.28. The number of ether oxygens (including phenoxy) is 1. The zero-order valence-corrected chi connectivity index (χ0v) is 9.14. The summed E-state index contributed by atoms with van der Waals surface area (Å²) in [5.41, 5.74) is 0.996. The molecule has 0 aliphatic carbocycles. The van der Waals surface area contributed by atoms with E-state index in [9.17, 15) is 0 Å². The Labute approximate surface area is 89.5 Å². The van der Waals surface area contributed by atoms with Crippen LogP contribution in [0.3, 0.4) is 0 Å². The lowest BCUT2D eigenvalue weighted by Crippen LogP contribution is -2.03. The van der Waals surface area contributed by atoms with Crippen LogP contribution in [0.15, 0.2) is 24.3 Å². The van der Waals surface area contributed by atoms with E-state index in [1.807, 2.05) is 37.4 Å². The molecule has 14 heavy (non-hydrogen) atoms. The van der Waals surface area contributed by atoms with E-state index in [4.69, 9.17) is 16.3 Å². The number of methoxy groups -OCH3 is 1. The second-order valence-electron chi connectivity index (χ2n) is 2.82. The topological polar surface area (TPSA) is 21.3 Å². The van der Waals surface area contributed by atoms with E-state index in [1.54, 1.807) is 7.11 Å². The number of likely N-dealkylation sites (N-methyl/N-ethyl adjacent to an activating group) is 1. The predicted octanol–water partition coefficient (Wildman–Crippen LogP) is 2.58. The largest absolute Gasteiger partial charge is 0.495 e. The zero-order valence-electron chi connectivity index (χ0n) is 8.38. The van der Waals surface area contributed by atoms with Crippen LogP contribution in [0.25, 0.3) is 6.08 Å². The van der Waals surface area contributed by atoms with Crippen LogP contribution in [0.5, 0.6) is 5.75 Å². The molecule has 1 aromatic rings. The molecule has 0 unspecified atom stereocenters. The molecule has 0 saturated heterocycles. The summed E-state index contributed by atoms with van der Waals surface area (Å²) in [6, 6.07) is 5.69. The summed E-state index contributed by atoms with van der Waals surface area (Å²) in [6.07, 6.45) is 4.01. The van der Waals surface area contributed by atoms with Crippen molar-refractivity contribution in [3.05, 3.63) is 34.9 Å². The van der Waals surface area contributed by atoms with Crippen LogP contribution in [-0.4, -0.2) is 20.7 Å². The van der Waals surface area contributed by atoms with E-state index in [1.165, 1.54) is 0 Å². The molecule has 0 aliphatic rings. The number of hydrogen-bond acceptors (Lipinski definition) is 2. The summed E-state index contributed by atoms with van der Waals surface area (Å²) >= 11 is 5.97. The third-order valence-corrected chi connectivity index (χ3v) is 2.12. The first-order valence-corrected chi connectivity index (χ1v) is 4.81. The van der Waals surface area contributed by atoms with Gasteiger partial charge in [-0.25, -0.2) is 0 Å². The van der Waals surface area contributed by atoms with Crippen molar-refractivity contribution in [1.29, 1.82) is 0 Å². The zero-order chi connectivity index (χ0) is 10.4. The number of para-hydroxylation sites is 1. The molecule has 1 rings (SSSR count). The van der Waals surface area contributed by atoms with E-state index < -0.39 is 0 Å². The molecule has 0 fully saturated rings. The Hall–Kier alpha value is -0.990. The second kappa shape index (κ2) is 5.68. The Bertz CT molecular complexity index is 323. The third kappa shape index (κ3) is 2.76. The van der Waals surface area contributed by atoms with Gasteiger partial charge in [0.25, 0.3) is 0 Å². The Morgan fingerprint density at radius 1 is 1.50 bits per heavy atom. The summed E-state index contributed by atoms with van der Waals surface area (Å²) < 4.78 is 5.20. The van der Waals surface area contributed by atoms with Crippen molar-refractivity contribution in [3.8, 4) is 5.75 Å². The number of rotatable bonds is 4. The number of nitrogens with one attached hydrogen (secondary N) is 1. The molecular formula is C11H14ClNO. The fourth-order valence-corrected chi connectivity index (χ4v) is 1.43. The third-order valence-electron chi connectivity index (χ3n) is 1.82. The summed E-state index contributed by atoms with van der Waals surface area (Å²) in [4.78, 5) is 0. The number of hydrogen-bond donors (Lipinski definition) is 1. The van der Waals surface area contributed by atoms with Crippen LogP contribution >= 0.6 is 11.6 Å². The molecule has 0 bridgehead atoms. The van der Waals surface area contributed by atoms with Crippen molar-refractivity contribution in [2.24, 2.45) is 0 Å². The van der Waals surface area contributed by atoms with Crippen LogP contribution in [0.4, 0.5) is 0 Å². The van der Waals surface area contributed by atoms with Crippen LogP contribution in [0, 0.1) is 0 Å². The van der Waals surface area contributed by atoms with Gasteiger partial charge in [-0.1, -0.05) is 35.9 Å². The van der Waals surface area contributed by atoms with Gasteiger partial charge in [-0.05, 0) is 13.1 Å². The first kappa shape index (κ1) is 11.1. The molecule has 0 aromatic heterocycles. The molecule has 3 heteroatoms. The molecule has 0 aliphatic heterocycles. The van der Waals surface area contributed by atoms with E-state index in [2.05, 4.69) is 5.32 Å². The van der Waals surface area contributed by atoms with Crippen molar-refractivity contribution in [3.63, 3.8) is 0 Å². The highest BCUT2D eigenvalue weighted by Gasteiger charge is 2.03. The van der Waals surface area contributed by atoms with E-state index >= 15 is 0 Å². The van der Waals surface area contributed by atoms with Crippen LogP contribution in [-0.2, 0) is 0 Å². The minimum absolute atomic E-state index is 0.638. The van der Waals surface area contributed by atoms with Crippen molar-refractivity contribution >= 4 is 17.7 Å². The van der Waals surface area contributed by atoms with E-state index in [0.29, 0.717) is 5.02 Å². The summed E-state index contributed by atoms with van der Waals surface area (Å²) in [5, 5.41) is 3.67. The lowest BCUT2D eigenvalue weighted by Gasteiger charge is -2.06. The van der Waals surface area contributed by atoms with Gasteiger partial charge in [-0.2, -0.15) is 0 Å². The van der Waals surface area contributed by atoms with Gasteiger partial charge in [-0.15, -0.1) is 0 Å². The van der Waals surface area contributed by atoms with Gasteiger partial charge in [0, 0.05) is 12.1 Å². The van der Waals surface area contributed by atoms with Crippen LogP contribution in [0.2, 0.25) is 5.02 Å². The maximum absolute atomic E-state index is 5.97. The molecule has 76 valence electrons. The molecule has 1 aromatic carbocycles. The first-order valence-electron chi connectivity index (χ1n) is 4.43. The van der Waals surface area contributed by atoms with Gasteiger partial charge in [0.2, 0.25) is 0 Å². The van der Waals surface area contributed by atoms with Crippen molar-refractivity contribution in [2.45, 2.75) is 0 Å². The van der Waals surface area contributed by atoms with E-state index in [0.717, 1.165) is 17.9 Å². The van der Waals surface area contributed by atoms with Crippen molar-refractivity contribution in [1.82, 2.24) is 5.32 Å². The number of benzene rings is 1. The summed E-state index contributed by atoms with van der Waals surface area (Å²) in [6.45, 7) is 0.829. The van der Waals surface area contributed by atoms with Gasteiger partial charge in [-0.3, -0.25) is 0 Å². The minimum atomic E-state index is 0.638. The molecular weight excluding hydrogens is 198 g/mol. The van der Waals surface area contributed by atoms with Crippen LogP contribution in [0.1, 0.15) is 5.56 Å². The SMILES string of the molecule is CNCC=Cc1cccc(Cl)c1OC. The van der Waals surface area contributed by atoms with Crippen molar-refractivity contribution in [2.75, 3.05) is 20.7 Å². The molecule has 0 amide bonds. The fraction of sp³-hybridized carbons (Fsp3) is 0.273. The maximum Gasteiger partial charge on any atom is 0.144 e. The fourth-order valence-electron chi connectivity index (χ4n) is 1.18. The van der Waals surface area contributed by atoms with Gasteiger partial charge in [0.1, 0.15) is 5.75 Å².